The van der Waals surface area contributed by atoms with Crippen LogP contribution >= 0.6 is 11.3 Å². The first-order valence-corrected chi connectivity index (χ1v) is 9.89. The Balaban J connectivity index is 1.99. The average molecular weight is 365 g/mol. The third-order valence-electron chi connectivity index (χ3n) is 4.18. The van der Waals surface area contributed by atoms with Crippen LogP contribution < -0.4 is 4.72 Å². The van der Waals surface area contributed by atoms with E-state index in [1.165, 1.54) is 17.4 Å². The van der Waals surface area contributed by atoms with Gasteiger partial charge in [-0.3, -0.25) is 0 Å². The minimum absolute atomic E-state index is 0.111. The normalized spacial score (nSPS) is 16.9. The number of rotatable bonds is 4. The summed E-state index contributed by atoms with van der Waals surface area (Å²) < 4.78 is 41.8. The van der Waals surface area contributed by atoms with Crippen molar-refractivity contribution >= 4 is 21.4 Å². The highest BCUT2D eigenvalue weighted by molar-refractivity contribution is 7.89. The zero-order chi connectivity index (χ0) is 17.4. The number of aryl methyl sites for hydroxylation is 1. The topological polar surface area (TPSA) is 82.9 Å². The van der Waals surface area contributed by atoms with Gasteiger partial charge in [0, 0.05) is 11.1 Å². The van der Waals surface area contributed by atoms with Gasteiger partial charge in [0.05, 0.1) is 16.0 Å². The number of sulfonamides is 1. The second-order valence-corrected chi connectivity index (χ2v) is 8.48. The summed E-state index contributed by atoms with van der Waals surface area (Å²) in [5.41, 5.74) is -0.156. The van der Waals surface area contributed by atoms with Crippen LogP contribution in [0.1, 0.15) is 41.9 Å². The molecule has 0 radical (unpaired) electrons. The molecule has 1 aromatic carbocycles. The zero-order valence-electron chi connectivity index (χ0n) is 13.0. The summed E-state index contributed by atoms with van der Waals surface area (Å²) in [6, 6.07) is 4.91. The van der Waals surface area contributed by atoms with Gasteiger partial charge in [0.2, 0.25) is 10.0 Å². The summed E-state index contributed by atoms with van der Waals surface area (Å²) in [6.07, 6.45) is 3.17. The van der Waals surface area contributed by atoms with E-state index in [9.17, 15) is 12.8 Å². The van der Waals surface area contributed by atoms with Gasteiger partial charge in [-0.05, 0) is 38.0 Å². The molecule has 1 aliphatic rings. The Morgan fingerprint density at radius 2 is 2.08 bits per heavy atom. The third-order valence-corrected chi connectivity index (χ3v) is 6.88. The van der Waals surface area contributed by atoms with Crippen LogP contribution in [0.25, 0.3) is 0 Å². The molecule has 1 aromatic heterocycles. The van der Waals surface area contributed by atoms with Gasteiger partial charge >= 0.3 is 0 Å². The van der Waals surface area contributed by atoms with Crippen LogP contribution in [0.5, 0.6) is 0 Å². The molecule has 0 spiro atoms. The molecule has 0 unspecified atom stereocenters. The first kappa shape index (κ1) is 17.0. The molecule has 1 aliphatic carbocycles. The predicted molar refractivity (Wildman–Crippen MR) is 88.4 cm³/mol. The Morgan fingerprint density at radius 1 is 1.38 bits per heavy atom. The molecule has 0 saturated heterocycles. The fourth-order valence-corrected chi connectivity index (χ4v) is 5.52. The van der Waals surface area contributed by atoms with E-state index in [0.717, 1.165) is 35.7 Å². The van der Waals surface area contributed by atoms with Crippen molar-refractivity contribution in [3.05, 3.63) is 45.7 Å². The van der Waals surface area contributed by atoms with Gasteiger partial charge < -0.3 is 0 Å². The molecule has 1 N–H and O–H groups in total. The molecule has 8 heteroatoms. The monoisotopic (exact) mass is 365 g/mol. The van der Waals surface area contributed by atoms with E-state index < -0.39 is 21.4 Å². The summed E-state index contributed by atoms with van der Waals surface area (Å²) in [5.74, 6) is -0.734. The molecule has 24 heavy (non-hydrogen) atoms. The predicted octanol–water partition coefficient (Wildman–Crippen LogP) is 3.21. The van der Waals surface area contributed by atoms with Crippen LogP contribution in [0, 0.1) is 24.1 Å². The van der Waals surface area contributed by atoms with Crippen LogP contribution in [0.2, 0.25) is 0 Å². The third kappa shape index (κ3) is 3.07. The second-order valence-electron chi connectivity index (χ2n) is 5.94. The number of benzene rings is 1. The summed E-state index contributed by atoms with van der Waals surface area (Å²) in [6.45, 7) is 1.87. The molecule has 2 aromatic rings. The van der Waals surface area contributed by atoms with Crippen molar-refractivity contribution < 1.29 is 12.8 Å². The molecule has 0 amide bonds. The number of nitrogens with one attached hydrogen (secondary N) is 1. The maximum atomic E-state index is 13.5. The number of aromatic nitrogens is 1. The first-order chi connectivity index (χ1) is 11.4. The van der Waals surface area contributed by atoms with Crippen molar-refractivity contribution in [1.82, 2.24) is 9.71 Å². The molecule has 1 heterocycles. The number of nitrogens with zero attached hydrogens (tertiary/aromatic N) is 2. The lowest BCUT2D eigenvalue weighted by Crippen LogP contribution is -2.43. The van der Waals surface area contributed by atoms with Gasteiger partial charge in [-0.2, -0.15) is 9.98 Å². The number of nitriles is 1. The lowest BCUT2D eigenvalue weighted by molar-refractivity contribution is 0.402. The van der Waals surface area contributed by atoms with Gasteiger partial charge in [0.1, 0.15) is 16.9 Å². The molecule has 0 atom stereocenters. The number of halogens is 1. The minimum Gasteiger partial charge on any atom is -0.245 e. The largest absolute Gasteiger partial charge is 0.245 e. The average Bonchev–Trinajstić information content (AvgIpc) is 3.17. The van der Waals surface area contributed by atoms with Crippen molar-refractivity contribution in [2.45, 2.75) is 43.0 Å². The van der Waals surface area contributed by atoms with E-state index in [1.54, 1.807) is 6.07 Å². The van der Waals surface area contributed by atoms with Gasteiger partial charge in [-0.25, -0.2) is 17.8 Å². The summed E-state index contributed by atoms with van der Waals surface area (Å²) in [4.78, 5) is 4.36. The SMILES string of the molecule is Cc1csc(C2(NS(=O)(=O)c3ccc(F)c(C#N)c3)CCCC2)n1. The van der Waals surface area contributed by atoms with Gasteiger partial charge in [0.25, 0.3) is 0 Å². The quantitative estimate of drug-likeness (QED) is 0.902. The number of hydrogen-bond donors (Lipinski definition) is 1. The van der Waals surface area contributed by atoms with E-state index in [1.807, 2.05) is 12.3 Å². The highest BCUT2D eigenvalue weighted by Crippen LogP contribution is 2.41. The summed E-state index contributed by atoms with van der Waals surface area (Å²) >= 11 is 1.44. The fourth-order valence-electron chi connectivity index (χ4n) is 2.99. The van der Waals surface area contributed by atoms with E-state index in [0.29, 0.717) is 12.8 Å². The molecule has 3 rings (SSSR count). The molecular weight excluding hydrogens is 349 g/mol. The molecule has 5 nitrogen and oxygen atoms in total. The first-order valence-electron chi connectivity index (χ1n) is 7.53. The van der Waals surface area contributed by atoms with Crippen molar-refractivity contribution in [3.63, 3.8) is 0 Å². The Bertz CT molecular complexity index is 910. The molecular formula is C16H16FN3O2S2. The molecule has 1 fully saturated rings. The van der Waals surface area contributed by atoms with Gasteiger partial charge in [-0.1, -0.05) is 12.8 Å². The van der Waals surface area contributed by atoms with E-state index in [2.05, 4.69) is 9.71 Å². The summed E-state index contributed by atoms with van der Waals surface area (Å²) in [5, 5.41) is 11.6. The lowest BCUT2D eigenvalue weighted by atomic mass is 10.0. The van der Waals surface area contributed by atoms with Crippen molar-refractivity contribution in [1.29, 1.82) is 5.26 Å². The van der Waals surface area contributed by atoms with Crippen molar-refractivity contribution in [2.24, 2.45) is 0 Å². The van der Waals surface area contributed by atoms with Gasteiger partial charge in [-0.15, -0.1) is 11.3 Å². The fraction of sp³-hybridized carbons (Fsp3) is 0.375. The standard InChI is InChI=1S/C16H16FN3O2S2/c1-11-10-23-15(19-11)16(6-2-3-7-16)20-24(21,22)13-4-5-14(17)12(8-13)9-18/h4-5,8,10,20H,2-3,6-7H2,1H3. The van der Waals surface area contributed by atoms with Crippen LogP contribution in [0.3, 0.4) is 0 Å². The highest BCUT2D eigenvalue weighted by atomic mass is 32.2. The lowest BCUT2D eigenvalue weighted by Gasteiger charge is -2.27. The molecule has 126 valence electrons. The number of hydrogen-bond acceptors (Lipinski definition) is 5. The van der Waals surface area contributed by atoms with E-state index in [-0.39, 0.29) is 10.5 Å². The van der Waals surface area contributed by atoms with Crippen molar-refractivity contribution in [2.75, 3.05) is 0 Å². The molecule has 0 bridgehead atoms. The van der Waals surface area contributed by atoms with Gasteiger partial charge in [0.15, 0.2) is 0 Å². The van der Waals surface area contributed by atoms with E-state index >= 15 is 0 Å². The van der Waals surface area contributed by atoms with Crippen molar-refractivity contribution in [3.8, 4) is 6.07 Å². The van der Waals surface area contributed by atoms with Crippen LogP contribution in [-0.2, 0) is 15.6 Å². The Hall–Kier alpha value is -1.82. The maximum Gasteiger partial charge on any atom is 0.241 e. The van der Waals surface area contributed by atoms with Crippen LogP contribution in [-0.4, -0.2) is 13.4 Å². The van der Waals surface area contributed by atoms with E-state index in [4.69, 9.17) is 5.26 Å². The smallest absolute Gasteiger partial charge is 0.241 e. The summed E-state index contributed by atoms with van der Waals surface area (Å²) in [7, 11) is -3.89. The highest BCUT2D eigenvalue weighted by Gasteiger charge is 2.42. The van der Waals surface area contributed by atoms with Crippen LogP contribution in [0.4, 0.5) is 4.39 Å². The second kappa shape index (κ2) is 6.24. The molecule has 0 aliphatic heterocycles. The Morgan fingerprint density at radius 3 is 2.67 bits per heavy atom. The Kier molecular flexibility index (Phi) is 4.42. The minimum atomic E-state index is -3.89. The zero-order valence-corrected chi connectivity index (χ0v) is 14.7. The number of thiazole rings is 1. The van der Waals surface area contributed by atoms with Crippen LogP contribution in [0.15, 0.2) is 28.5 Å². The Labute approximate surface area is 144 Å². The maximum absolute atomic E-state index is 13.5. The molecule has 1 saturated carbocycles.